The van der Waals surface area contributed by atoms with Gasteiger partial charge in [0.15, 0.2) is 0 Å². The van der Waals surface area contributed by atoms with E-state index in [4.69, 9.17) is 0 Å². The summed E-state index contributed by atoms with van der Waals surface area (Å²) in [6.45, 7) is 8.51. The first-order chi connectivity index (χ1) is 8.52. The summed E-state index contributed by atoms with van der Waals surface area (Å²) in [5.41, 5.74) is -0.348. The molecule has 3 nitrogen and oxygen atoms in total. The van der Waals surface area contributed by atoms with Crippen LogP contribution < -0.4 is 5.32 Å². The van der Waals surface area contributed by atoms with E-state index in [0.717, 1.165) is 38.3 Å². The van der Waals surface area contributed by atoms with E-state index >= 15 is 0 Å². The second kappa shape index (κ2) is 7.11. The molecule has 1 N–H and O–H groups in total. The van der Waals surface area contributed by atoms with Crippen molar-refractivity contribution < 1.29 is 0 Å². The Morgan fingerprint density at radius 3 is 2.67 bits per heavy atom. The summed E-state index contributed by atoms with van der Waals surface area (Å²) in [6.07, 6.45) is 5.91. The van der Waals surface area contributed by atoms with E-state index in [1.54, 1.807) is 0 Å². The van der Waals surface area contributed by atoms with Crippen LogP contribution in [0, 0.1) is 17.2 Å². The Morgan fingerprint density at radius 1 is 1.50 bits per heavy atom. The lowest BCUT2D eigenvalue weighted by atomic mass is 9.97. The van der Waals surface area contributed by atoms with Gasteiger partial charge in [-0.1, -0.05) is 6.92 Å². The fourth-order valence-corrected chi connectivity index (χ4v) is 2.41. The van der Waals surface area contributed by atoms with Crippen LogP contribution in [-0.2, 0) is 0 Å². The van der Waals surface area contributed by atoms with Gasteiger partial charge < -0.3 is 4.90 Å². The number of nitrogens with one attached hydrogen (secondary N) is 1. The maximum Gasteiger partial charge on any atom is 0.103 e. The highest BCUT2D eigenvalue weighted by molar-refractivity contribution is 5.03. The molecule has 1 saturated carbocycles. The summed E-state index contributed by atoms with van der Waals surface area (Å²) in [7, 11) is 2.21. The Kier molecular flexibility index (Phi) is 6.11. The molecular weight excluding hydrogens is 222 g/mol. The van der Waals surface area contributed by atoms with Crippen molar-refractivity contribution in [3.8, 4) is 6.07 Å². The zero-order valence-electron chi connectivity index (χ0n) is 12.5. The van der Waals surface area contributed by atoms with Gasteiger partial charge in [0.2, 0.25) is 0 Å². The van der Waals surface area contributed by atoms with Gasteiger partial charge in [0.25, 0.3) is 0 Å². The van der Waals surface area contributed by atoms with Crippen LogP contribution in [0.2, 0.25) is 0 Å². The first-order valence-corrected chi connectivity index (χ1v) is 7.39. The molecule has 0 heterocycles. The van der Waals surface area contributed by atoms with Crippen molar-refractivity contribution in [2.45, 2.75) is 64.5 Å². The highest BCUT2D eigenvalue weighted by atomic mass is 15.1. The second-order valence-corrected chi connectivity index (χ2v) is 6.03. The maximum atomic E-state index is 9.26. The van der Waals surface area contributed by atoms with Crippen LogP contribution >= 0.6 is 0 Å². The van der Waals surface area contributed by atoms with Crippen molar-refractivity contribution in [3.05, 3.63) is 0 Å². The molecule has 104 valence electrons. The van der Waals surface area contributed by atoms with Gasteiger partial charge in [-0.3, -0.25) is 5.32 Å². The quantitative estimate of drug-likeness (QED) is 0.685. The first kappa shape index (κ1) is 15.5. The lowest BCUT2D eigenvalue weighted by Gasteiger charge is -2.27. The number of hydrogen-bond donors (Lipinski definition) is 1. The summed E-state index contributed by atoms with van der Waals surface area (Å²) in [5.74, 6) is 0.926. The largest absolute Gasteiger partial charge is 0.303 e. The Bertz CT molecular complexity index is 280. The number of hydrogen-bond acceptors (Lipinski definition) is 3. The smallest absolute Gasteiger partial charge is 0.103 e. The minimum atomic E-state index is -0.348. The average Bonchev–Trinajstić information content (AvgIpc) is 3.19. The summed E-state index contributed by atoms with van der Waals surface area (Å²) in [6, 6.07) is 3.13. The Balaban J connectivity index is 2.23. The standard InChI is InChI=1S/C15H29N3/c1-5-10-17-15(3,12-16)9-6-11-18(4)13(2)14-7-8-14/h13-14,17H,5-11H2,1-4H3. The molecule has 3 heteroatoms. The van der Waals surface area contributed by atoms with Crippen LogP contribution in [-0.4, -0.2) is 36.6 Å². The van der Waals surface area contributed by atoms with Crippen LogP contribution in [0.5, 0.6) is 0 Å². The minimum absolute atomic E-state index is 0.348. The zero-order valence-corrected chi connectivity index (χ0v) is 12.5. The Hall–Kier alpha value is -0.590. The van der Waals surface area contributed by atoms with E-state index in [-0.39, 0.29) is 5.54 Å². The summed E-state index contributed by atoms with van der Waals surface area (Å²) < 4.78 is 0. The van der Waals surface area contributed by atoms with E-state index in [0.29, 0.717) is 6.04 Å². The monoisotopic (exact) mass is 251 g/mol. The van der Waals surface area contributed by atoms with Gasteiger partial charge in [-0.15, -0.1) is 0 Å². The molecule has 1 aliphatic carbocycles. The summed E-state index contributed by atoms with van der Waals surface area (Å²) in [5, 5.41) is 12.6. The predicted octanol–water partition coefficient (Wildman–Crippen LogP) is 2.78. The second-order valence-electron chi connectivity index (χ2n) is 6.03. The van der Waals surface area contributed by atoms with Gasteiger partial charge in [0.05, 0.1) is 6.07 Å². The molecule has 0 spiro atoms. The van der Waals surface area contributed by atoms with E-state index in [1.807, 2.05) is 6.92 Å². The lowest BCUT2D eigenvalue weighted by molar-refractivity contribution is 0.223. The van der Waals surface area contributed by atoms with E-state index < -0.39 is 0 Å². The normalized spacial score (nSPS) is 20.4. The van der Waals surface area contributed by atoms with Gasteiger partial charge >= 0.3 is 0 Å². The van der Waals surface area contributed by atoms with Crippen molar-refractivity contribution in [3.63, 3.8) is 0 Å². The molecule has 1 aliphatic rings. The van der Waals surface area contributed by atoms with E-state index in [1.165, 1.54) is 12.8 Å². The lowest BCUT2D eigenvalue weighted by Crippen LogP contribution is -2.42. The SMILES string of the molecule is CCCNC(C)(C#N)CCCN(C)C(C)C1CC1. The fourth-order valence-electron chi connectivity index (χ4n) is 2.41. The van der Waals surface area contributed by atoms with Crippen molar-refractivity contribution in [2.24, 2.45) is 5.92 Å². The third kappa shape index (κ3) is 4.96. The number of nitriles is 1. The molecule has 0 bridgehead atoms. The molecule has 0 saturated heterocycles. The topological polar surface area (TPSA) is 39.1 Å². The number of rotatable bonds is 9. The van der Waals surface area contributed by atoms with Gasteiger partial charge in [-0.05, 0) is 72.0 Å². The highest BCUT2D eigenvalue weighted by Gasteiger charge is 2.30. The van der Waals surface area contributed by atoms with Gasteiger partial charge in [0.1, 0.15) is 5.54 Å². The fraction of sp³-hybridized carbons (Fsp3) is 0.933. The highest BCUT2D eigenvalue weighted by Crippen LogP contribution is 2.34. The average molecular weight is 251 g/mol. The molecule has 0 aromatic rings. The third-order valence-corrected chi connectivity index (χ3v) is 4.20. The van der Waals surface area contributed by atoms with Crippen LogP contribution in [0.1, 0.15) is 52.9 Å². The van der Waals surface area contributed by atoms with Crippen LogP contribution in [0.15, 0.2) is 0 Å². The molecule has 1 rings (SSSR count). The minimum Gasteiger partial charge on any atom is -0.303 e. The maximum absolute atomic E-state index is 9.26. The summed E-state index contributed by atoms with van der Waals surface area (Å²) >= 11 is 0. The van der Waals surface area contributed by atoms with Gasteiger partial charge in [-0.25, -0.2) is 0 Å². The molecule has 0 aromatic heterocycles. The van der Waals surface area contributed by atoms with Crippen molar-refractivity contribution in [1.29, 1.82) is 5.26 Å². The van der Waals surface area contributed by atoms with E-state index in [9.17, 15) is 5.26 Å². The van der Waals surface area contributed by atoms with Gasteiger partial charge in [-0.2, -0.15) is 5.26 Å². The molecule has 0 amide bonds. The molecule has 2 atom stereocenters. The molecule has 0 aromatic carbocycles. The molecule has 1 fully saturated rings. The van der Waals surface area contributed by atoms with Crippen LogP contribution in [0.3, 0.4) is 0 Å². The molecule has 0 aliphatic heterocycles. The van der Waals surface area contributed by atoms with Crippen molar-refractivity contribution in [2.75, 3.05) is 20.1 Å². The first-order valence-electron chi connectivity index (χ1n) is 7.39. The number of nitrogens with zero attached hydrogens (tertiary/aromatic N) is 2. The molecule has 2 unspecified atom stereocenters. The van der Waals surface area contributed by atoms with E-state index in [2.05, 4.69) is 37.2 Å². The molecule has 0 radical (unpaired) electrons. The van der Waals surface area contributed by atoms with Crippen molar-refractivity contribution in [1.82, 2.24) is 10.2 Å². The van der Waals surface area contributed by atoms with Gasteiger partial charge in [0, 0.05) is 6.04 Å². The Labute approximate surface area is 113 Å². The van der Waals surface area contributed by atoms with Crippen molar-refractivity contribution >= 4 is 0 Å². The molecule has 18 heavy (non-hydrogen) atoms. The van der Waals surface area contributed by atoms with Crippen LogP contribution in [0.4, 0.5) is 0 Å². The zero-order chi connectivity index (χ0) is 13.6. The van der Waals surface area contributed by atoms with Crippen LogP contribution in [0.25, 0.3) is 0 Å². The third-order valence-electron chi connectivity index (χ3n) is 4.20. The predicted molar refractivity (Wildman–Crippen MR) is 76.4 cm³/mol. The Morgan fingerprint density at radius 2 is 2.17 bits per heavy atom. The molecular formula is C15H29N3. The summed E-state index contributed by atoms with van der Waals surface area (Å²) in [4.78, 5) is 2.45.